The highest BCUT2D eigenvalue weighted by molar-refractivity contribution is 5.93. The molecule has 0 aliphatic heterocycles. The molecule has 0 saturated heterocycles. The van der Waals surface area contributed by atoms with Crippen molar-refractivity contribution < 1.29 is 19.5 Å². The fraction of sp³-hybridized carbons (Fsp3) is 0.412. The summed E-state index contributed by atoms with van der Waals surface area (Å²) in [5.41, 5.74) is 0.429. The van der Waals surface area contributed by atoms with E-state index in [4.69, 9.17) is 0 Å². The molecule has 0 spiro atoms. The number of carbonyl (C=O) groups excluding carboxylic acids is 2. The van der Waals surface area contributed by atoms with Crippen LogP contribution in [0.1, 0.15) is 81.5 Å². The number of aliphatic carboxylic acids is 1. The zero-order chi connectivity index (χ0) is 29.8. The van der Waals surface area contributed by atoms with E-state index in [1.807, 2.05) is 12.2 Å². The van der Waals surface area contributed by atoms with Crippen LogP contribution in [0, 0.1) is 5.92 Å². The van der Waals surface area contributed by atoms with E-state index in [9.17, 15) is 19.5 Å². The molecule has 1 heterocycles. The van der Waals surface area contributed by atoms with Gasteiger partial charge < -0.3 is 15.7 Å². The van der Waals surface area contributed by atoms with Gasteiger partial charge in [-0.15, -0.1) is 0 Å². The van der Waals surface area contributed by atoms with Crippen LogP contribution in [0.25, 0.3) is 0 Å². The van der Waals surface area contributed by atoms with Crippen LogP contribution in [-0.2, 0) is 9.59 Å². The van der Waals surface area contributed by atoms with Gasteiger partial charge in [0.25, 0.3) is 5.91 Å². The minimum absolute atomic E-state index is 0.0986. The van der Waals surface area contributed by atoms with Gasteiger partial charge in [0.1, 0.15) is 0 Å². The number of hydrogen-bond acceptors (Lipinski definition) is 4. The van der Waals surface area contributed by atoms with Crippen molar-refractivity contribution in [2.75, 3.05) is 13.1 Å². The van der Waals surface area contributed by atoms with E-state index in [1.54, 1.807) is 18.3 Å². The van der Waals surface area contributed by atoms with Crippen LogP contribution in [0.5, 0.6) is 0 Å². The molecule has 0 bridgehead atoms. The zero-order valence-corrected chi connectivity index (χ0v) is 24.4. The molecule has 1 unspecified atom stereocenters. The Hall–Kier alpha value is -4.00. The van der Waals surface area contributed by atoms with Crippen LogP contribution >= 0.6 is 0 Å². The summed E-state index contributed by atoms with van der Waals surface area (Å²) in [6.07, 6.45) is 36.1. The number of hydrogen-bond donors (Lipinski definition) is 3. The van der Waals surface area contributed by atoms with E-state index < -0.39 is 11.9 Å². The molecule has 2 amide bonds. The molecule has 0 radical (unpaired) electrons. The Morgan fingerprint density at radius 3 is 1.78 bits per heavy atom. The second-order valence-electron chi connectivity index (χ2n) is 9.41. The van der Waals surface area contributed by atoms with Gasteiger partial charge in [0, 0.05) is 31.9 Å². The molecule has 41 heavy (non-hydrogen) atoms. The lowest BCUT2D eigenvalue weighted by Gasteiger charge is -2.13. The number of nitrogens with one attached hydrogen (secondary N) is 2. The van der Waals surface area contributed by atoms with Crippen LogP contribution < -0.4 is 10.6 Å². The molecular weight excluding hydrogens is 514 g/mol. The number of carboxylic acid groups (broad SMARTS) is 1. The van der Waals surface area contributed by atoms with Crippen LogP contribution in [0.2, 0.25) is 0 Å². The molecule has 0 aromatic carbocycles. The Morgan fingerprint density at radius 1 is 0.780 bits per heavy atom. The average molecular weight is 562 g/mol. The minimum atomic E-state index is -0.937. The standard InChI is InChI=1S/C34H47N3O4/c1-2-3-4-5-6-7-8-9-10-11-12-13-14-15-16-17-18-19-20-23-32(38)36-27-24-30(34(40)41)25-28-37-33(39)31-22-21-26-35-29-31/h3-4,6-7,9-10,12-13,15-16,18-19,21-22,26,29-30H,2,5,8,11,14,17,20,23-25,27-28H2,1H3,(H,36,38)(H,37,39)(H,40,41). The smallest absolute Gasteiger partial charge is 0.306 e. The zero-order valence-electron chi connectivity index (χ0n) is 24.4. The van der Waals surface area contributed by atoms with Gasteiger partial charge in [-0.3, -0.25) is 19.4 Å². The van der Waals surface area contributed by atoms with E-state index in [-0.39, 0.29) is 31.3 Å². The van der Waals surface area contributed by atoms with Gasteiger partial charge in [-0.1, -0.05) is 79.8 Å². The van der Waals surface area contributed by atoms with Gasteiger partial charge in [-0.2, -0.15) is 0 Å². The van der Waals surface area contributed by atoms with Gasteiger partial charge in [0.15, 0.2) is 0 Å². The molecule has 3 N–H and O–H groups in total. The first-order valence-electron chi connectivity index (χ1n) is 14.6. The Labute approximate surface area is 245 Å². The normalized spacial score (nSPS) is 12.9. The number of pyridine rings is 1. The third-order valence-electron chi connectivity index (χ3n) is 6.00. The number of nitrogens with zero attached hydrogens (tertiary/aromatic N) is 1. The van der Waals surface area contributed by atoms with Crippen molar-refractivity contribution >= 4 is 17.8 Å². The Kier molecular flexibility index (Phi) is 21.4. The number of rotatable bonds is 22. The van der Waals surface area contributed by atoms with Gasteiger partial charge in [-0.25, -0.2) is 0 Å². The maximum absolute atomic E-state index is 12.0. The summed E-state index contributed by atoms with van der Waals surface area (Å²) in [6, 6.07) is 3.31. The van der Waals surface area contributed by atoms with E-state index >= 15 is 0 Å². The highest BCUT2D eigenvalue weighted by Crippen LogP contribution is 2.08. The Morgan fingerprint density at radius 2 is 1.29 bits per heavy atom. The highest BCUT2D eigenvalue weighted by atomic mass is 16.4. The number of allylic oxidation sites excluding steroid dienone is 12. The molecule has 222 valence electrons. The van der Waals surface area contributed by atoms with E-state index in [1.165, 1.54) is 6.20 Å². The van der Waals surface area contributed by atoms with Crippen LogP contribution in [0.15, 0.2) is 97.4 Å². The molecular formula is C34H47N3O4. The van der Waals surface area contributed by atoms with Gasteiger partial charge >= 0.3 is 5.97 Å². The maximum atomic E-state index is 12.0. The molecule has 1 aromatic heterocycles. The molecule has 0 aliphatic carbocycles. The van der Waals surface area contributed by atoms with Crippen LogP contribution in [0.3, 0.4) is 0 Å². The summed E-state index contributed by atoms with van der Waals surface area (Å²) in [4.78, 5) is 39.5. The molecule has 0 fully saturated rings. The van der Waals surface area contributed by atoms with Crippen molar-refractivity contribution in [2.45, 2.75) is 71.1 Å². The number of amides is 2. The predicted octanol–water partition coefficient (Wildman–Crippen LogP) is 6.89. The molecule has 1 atom stereocenters. The van der Waals surface area contributed by atoms with E-state index in [0.717, 1.165) is 38.5 Å². The molecule has 7 heteroatoms. The average Bonchev–Trinajstić information content (AvgIpc) is 2.97. The first-order chi connectivity index (χ1) is 20.0. The fourth-order valence-corrected chi connectivity index (χ4v) is 3.68. The largest absolute Gasteiger partial charge is 0.481 e. The van der Waals surface area contributed by atoms with Gasteiger partial charge in [0.05, 0.1) is 11.5 Å². The maximum Gasteiger partial charge on any atom is 0.306 e. The quantitative estimate of drug-likeness (QED) is 0.134. The lowest BCUT2D eigenvalue weighted by atomic mass is 10.0. The topological polar surface area (TPSA) is 108 Å². The molecule has 7 nitrogen and oxygen atoms in total. The summed E-state index contributed by atoms with van der Waals surface area (Å²) in [6.45, 7) is 2.67. The monoisotopic (exact) mass is 561 g/mol. The van der Waals surface area contributed by atoms with Crippen LogP contribution in [0.4, 0.5) is 0 Å². The second kappa shape index (κ2) is 25.0. The molecule has 0 aliphatic rings. The van der Waals surface area contributed by atoms with Gasteiger partial charge in [0.2, 0.25) is 5.91 Å². The second-order valence-corrected chi connectivity index (χ2v) is 9.41. The first-order valence-corrected chi connectivity index (χ1v) is 14.6. The Balaban J connectivity index is 2.07. The number of carbonyl (C=O) groups is 3. The SMILES string of the molecule is CCC=CCC=CCC=CCC=CCC=CCC=CCCC(=O)NCCC(CCNC(=O)c1cccnc1)C(=O)O. The van der Waals surface area contributed by atoms with E-state index in [0.29, 0.717) is 24.8 Å². The minimum Gasteiger partial charge on any atom is -0.481 e. The molecule has 1 aromatic rings. The summed E-state index contributed by atoms with van der Waals surface area (Å²) >= 11 is 0. The van der Waals surface area contributed by atoms with Crippen LogP contribution in [-0.4, -0.2) is 41.0 Å². The summed E-state index contributed by atoms with van der Waals surface area (Å²) in [5.74, 6) is -1.97. The third kappa shape index (κ3) is 20.6. The van der Waals surface area contributed by atoms with Crippen molar-refractivity contribution in [3.63, 3.8) is 0 Å². The lowest BCUT2D eigenvalue weighted by molar-refractivity contribution is -0.142. The summed E-state index contributed by atoms with van der Waals surface area (Å²) < 4.78 is 0. The summed E-state index contributed by atoms with van der Waals surface area (Å²) in [7, 11) is 0. The van der Waals surface area contributed by atoms with Crippen molar-refractivity contribution in [2.24, 2.45) is 5.92 Å². The fourth-order valence-electron chi connectivity index (χ4n) is 3.68. The first kappa shape index (κ1) is 35.0. The van der Waals surface area contributed by atoms with E-state index in [2.05, 4.69) is 83.3 Å². The third-order valence-corrected chi connectivity index (χ3v) is 6.00. The summed E-state index contributed by atoms with van der Waals surface area (Å²) in [5, 5.41) is 14.9. The van der Waals surface area contributed by atoms with Gasteiger partial charge in [-0.05, 0) is 69.9 Å². The number of carboxylic acids is 1. The number of aromatic nitrogens is 1. The van der Waals surface area contributed by atoms with Crippen molar-refractivity contribution in [1.29, 1.82) is 0 Å². The predicted molar refractivity (Wildman–Crippen MR) is 167 cm³/mol. The lowest BCUT2D eigenvalue weighted by Crippen LogP contribution is -2.31. The molecule has 1 rings (SSSR count). The van der Waals surface area contributed by atoms with Crippen molar-refractivity contribution in [1.82, 2.24) is 15.6 Å². The van der Waals surface area contributed by atoms with Crippen molar-refractivity contribution in [3.8, 4) is 0 Å². The Bertz CT molecular complexity index is 1040. The molecule has 0 saturated carbocycles. The van der Waals surface area contributed by atoms with Crippen molar-refractivity contribution in [3.05, 3.63) is 103 Å². The highest BCUT2D eigenvalue weighted by Gasteiger charge is 2.17.